The van der Waals surface area contributed by atoms with Crippen LogP contribution in [-0.4, -0.2) is 28.5 Å². The van der Waals surface area contributed by atoms with Gasteiger partial charge in [-0.1, -0.05) is 74.0 Å². The highest BCUT2D eigenvalue weighted by Crippen LogP contribution is 2.25. The number of nitrogens with one attached hydrogen (secondary N) is 2. The van der Waals surface area contributed by atoms with Crippen molar-refractivity contribution in [2.75, 3.05) is 11.9 Å². The van der Waals surface area contributed by atoms with Crippen LogP contribution in [0.4, 0.5) is 5.69 Å². The third kappa shape index (κ3) is 6.84. The molecule has 5 rings (SSSR count). The van der Waals surface area contributed by atoms with Gasteiger partial charge in [0.05, 0.1) is 17.8 Å². The molecule has 0 saturated heterocycles. The SMILES string of the molecule is CC.CCOC(=O)c1[nH]c2ccccc2c1/C=C/C(=O)Nc1cccc(/C=C/c2ccc3ccc(Cl)cc3n2)c1. The van der Waals surface area contributed by atoms with Crippen LogP contribution in [0.25, 0.3) is 40.0 Å². The second-order valence-corrected chi connectivity index (χ2v) is 8.97. The maximum Gasteiger partial charge on any atom is 0.355 e. The summed E-state index contributed by atoms with van der Waals surface area (Å²) in [5, 5.41) is 5.37. The van der Waals surface area contributed by atoms with Crippen LogP contribution in [0.5, 0.6) is 0 Å². The minimum Gasteiger partial charge on any atom is -0.461 e. The fraction of sp³-hybridized carbons (Fsp3) is 0.121. The number of pyridine rings is 1. The number of aromatic nitrogens is 2. The van der Waals surface area contributed by atoms with Crippen LogP contribution in [0.3, 0.4) is 0 Å². The van der Waals surface area contributed by atoms with Crippen molar-refractivity contribution in [1.82, 2.24) is 9.97 Å². The third-order valence-corrected chi connectivity index (χ3v) is 6.14. The third-order valence-electron chi connectivity index (χ3n) is 5.90. The van der Waals surface area contributed by atoms with Crippen molar-refractivity contribution in [3.05, 3.63) is 112 Å². The number of para-hydroxylation sites is 1. The number of amides is 1. The lowest BCUT2D eigenvalue weighted by molar-refractivity contribution is -0.111. The summed E-state index contributed by atoms with van der Waals surface area (Å²) in [4.78, 5) is 32.9. The Hall–Kier alpha value is -4.68. The number of esters is 1. The summed E-state index contributed by atoms with van der Waals surface area (Å²) < 4.78 is 5.17. The molecule has 1 amide bonds. The van der Waals surface area contributed by atoms with Crippen molar-refractivity contribution in [3.63, 3.8) is 0 Å². The normalized spacial score (nSPS) is 11.1. The Balaban J connectivity index is 0.00000181. The van der Waals surface area contributed by atoms with Gasteiger partial charge < -0.3 is 15.0 Å². The molecule has 3 aromatic carbocycles. The zero-order valence-electron chi connectivity index (χ0n) is 22.6. The Morgan fingerprint density at radius 1 is 0.950 bits per heavy atom. The number of ether oxygens (including phenoxy) is 1. The number of anilines is 1. The van der Waals surface area contributed by atoms with E-state index < -0.39 is 5.97 Å². The summed E-state index contributed by atoms with van der Waals surface area (Å²) in [6.45, 7) is 6.01. The summed E-state index contributed by atoms with van der Waals surface area (Å²) in [5.41, 5.74) is 4.88. The first-order valence-corrected chi connectivity index (χ1v) is 13.5. The predicted octanol–water partition coefficient (Wildman–Crippen LogP) is 8.39. The number of carbonyl (C=O) groups is 2. The number of benzene rings is 3. The molecular weight excluding hydrogens is 522 g/mol. The first kappa shape index (κ1) is 28.3. The van der Waals surface area contributed by atoms with Gasteiger partial charge in [-0.15, -0.1) is 0 Å². The van der Waals surface area contributed by atoms with E-state index in [4.69, 9.17) is 16.3 Å². The fourth-order valence-electron chi connectivity index (χ4n) is 4.14. The molecule has 2 aromatic heterocycles. The molecule has 40 heavy (non-hydrogen) atoms. The molecule has 202 valence electrons. The van der Waals surface area contributed by atoms with E-state index in [2.05, 4.69) is 15.3 Å². The molecule has 2 N–H and O–H groups in total. The molecule has 0 bridgehead atoms. The van der Waals surface area contributed by atoms with Crippen LogP contribution in [0.2, 0.25) is 5.02 Å². The van der Waals surface area contributed by atoms with Crippen molar-refractivity contribution >= 4 is 69.2 Å². The molecule has 0 saturated carbocycles. The summed E-state index contributed by atoms with van der Waals surface area (Å²) in [5.74, 6) is -0.786. The zero-order valence-corrected chi connectivity index (χ0v) is 23.3. The highest BCUT2D eigenvalue weighted by molar-refractivity contribution is 6.31. The molecule has 0 aliphatic heterocycles. The van der Waals surface area contributed by atoms with E-state index in [-0.39, 0.29) is 12.5 Å². The van der Waals surface area contributed by atoms with Crippen LogP contribution >= 0.6 is 11.6 Å². The monoisotopic (exact) mass is 551 g/mol. The lowest BCUT2D eigenvalue weighted by atomic mass is 10.1. The van der Waals surface area contributed by atoms with Crippen molar-refractivity contribution in [2.45, 2.75) is 20.8 Å². The second-order valence-electron chi connectivity index (χ2n) is 8.53. The summed E-state index contributed by atoms with van der Waals surface area (Å²) >= 11 is 6.09. The Morgan fingerprint density at radius 3 is 2.58 bits per heavy atom. The number of nitrogens with zero attached hydrogens (tertiary/aromatic N) is 1. The lowest BCUT2D eigenvalue weighted by Crippen LogP contribution is -2.09. The molecule has 0 radical (unpaired) electrons. The first-order chi connectivity index (χ1) is 19.5. The van der Waals surface area contributed by atoms with Gasteiger partial charge in [-0.2, -0.15) is 0 Å². The number of carbonyl (C=O) groups excluding carboxylic acids is 2. The minimum atomic E-state index is -0.466. The number of halogens is 1. The van der Waals surface area contributed by atoms with Gasteiger partial charge in [0.25, 0.3) is 0 Å². The van der Waals surface area contributed by atoms with E-state index in [1.54, 1.807) is 13.0 Å². The average molecular weight is 552 g/mol. The zero-order chi connectivity index (χ0) is 28.5. The van der Waals surface area contributed by atoms with Crippen molar-refractivity contribution < 1.29 is 14.3 Å². The molecule has 7 heteroatoms. The molecular formula is C33H30ClN3O3. The van der Waals surface area contributed by atoms with Gasteiger partial charge in [-0.25, -0.2) is 9.78 Å². The molecule has 0 aliphatic carbocycles. The summed E-state index contributed by atoms with van der Waals surface area (Å²) in [7, 11) is 0. The van der Waals surface area contributed by atoms with Crippen molar-refractivity contribution in [1.29, 1.82) is 0 Å². The quantitative estimate of drug-likeness (QED) is 0.157. The lowest BCUT2D eigenvalue weighted by Gasteiger charge is -2.04. The average Bonchev–Trinajstić information content (AvgIpc) is 3.35. The van der Waals surface area contributed by atoms with Crippen LogP contribution in [-0.2, 0) is 9.53 Å². The minimum absolute atomic E-state index is 0.258. The number of hydrogen-bond donors (Lipinski definition) is 2. The van der Waals surface area contributed by atoms with E-state index in [0.29, 0.717) is 22.0 Å². The summed E-state index contributed by atoms with van der Waals surface area (Å²) in [6, 6.07) is 24.6. The summed E-state index contributed by atoms with van der Waals surface area (Å²) in [6.07, 6.45) is 6.88. The van der Waals surface area contributed by atoms with E-state index in [9.17, 15) is 9.59 Å². The van der Waals surface area contributed by atoms with Crippen molar-refractivity contribution in [2.24, 2.45) is 0 Å². The van der Waals surface area contributed by atoms with E-state index >= 15 is 0 Å². The Morgan fingerprint density at radius 2 is 1.75 bits per heavy atom. The highest BCUT2D eigenvalue weighted by Gasteiger charge is 2.17. The van der Waals surface area contributed by atoms with Gasteiger partial charge in [-0.05, 0) is 61.0 Å². The standard InChI is InChI=1S/C31H24ClN3O3.C2H6/c1-2-38-31(37)30-26(25-8-3-4-9-27(25)35-30)16-17-29(36)34-24-7-5-6-20(18-24)10-14-23-15-12-21-11-13-22(32)19-28(21)33-23;1-2/h3-19,35H,2H2,1H3,(H,34,36);1-2H3/b14-10+,17-16+;. The molecule has 0 aliphatic rings. The largest absolute Gasteiger partial charge is 0.461 e. The van der Waals surface area contributed by atoms with E-state index in [0.717, 1.165) is 33.1 Å². The van der Waals surface area contributed by atoms with Crippen LogP contribution in [0, 0.1) is 0 Å². The molecule has 6 nitrogen and oxygen atoms in total. The van der Waals surface area contributed by atoms with Gasteiger partial charge >= 0.3 is 5.97 Å². The van der Waals surface area contributed by atoms with Gasteiger partial charge in [-0.3, -0.25) is 4.79 Å². The predicted molar refractivity (Wildman–Crippen MR) is 165 cm³/mol. The molecule has 0 atom stereocenters. The Kier molecular flexibility index (Phi) is 9.49. The smallest absolute Gasteiger partial charge is 0.355 e. The Labute approximate surface area is 238 Å². The fourth-order valence-corrected chi connectivity index (χ4v) is 4.31. The maximum absolute atomic E-state index is 12.7. The van der Waals surface area contributed by atoms with Gasteiger partial charge in [0.2, 0.25) is 5.91 Å². The van der Waals surface area contributed by atoms with Crippen molar-refractivity contribution in [3.8, 4) is 0 Å². The van der Waals surface area contributed by atoms with Gasteiger partial charge in [0, 0.05) is 38.6 Å². The molecule has 0 fully saturated rings. The molecule has 2 heterocycles. The first-order valence-electron chi connectivity index (χ1n) is 13.1. The Bertz CT molecular complexity index is 1720. The van der Waals surface area contributed by atoms with E-state index in [1.165, 1.54) is 6.08 Å². The van der Waals surface area contributed by atoms with Gasteiger partial charge in [0.15, 0.2) is 0 Å². The number of hydrogen-bond acceptors (Lipinski definition) is 4. The highest BCUT2D eigenvalue weighted by atomic mass is 35.5. The van der Waals surface area contributed by atoms with Crippen LogP contribution in [0.15, 0.2) is 84.9 Å². The van der Waals surface area contributed by atoms with Crippen LogP contribution < -0.4 is 5.32 Å². The molecule has 0 unspecified atom stereocenters. The number of fused-ring (bicyclic) bond motifs is 2. The number of rotatable bonds is 7. The maximum atomic E-state index is 12.7. The topological polar surface area (TPSA) is 84.1 Å². The van der Waals surface area contributed by atoms with E-state index in [1.807, 2.05) is 105 Å². The second kappa shape index (κ2) is 13.4. The number of aromatic amines is 1. The number of H-pyrrole nitrogens is 1. The van der Waals surface area contributed by atoms with Crippen LogP contribution in [0.1, 0.15) is 48.1 Å². The molecule has 5 aromatic rings. The molecule has 0 spiro atoms. The van der Waals surface area contributed by atoms with Gasteiger partial charge in [0.1, 0.15) is 5.69 Å².